The van der Waals surface area contributed by atoms with Crippen LogP contribution in [-0.2, 0) is 16.1 Å². The number of carbonyl (C=O) groups is 1. The van der Waals surface area contributed by atoms with Gasteiger partial charge in [-0.1, -0.05) is 6.42 Å². The van der Waals surface area contributed by atoms with Gasteiger partial charge in [-0.05, 0) is 19.3 Å². The van der Waals surface area contributed by atoms with E-state index in [-0.39, 0.29) is 42.7 Å². The van der Waals surface area contributed by atoms with E-state index in [0.29, 0.717) is 18.4 Å². The number of rotatable bonds is 3. The third kappa shape index (κ3) is 3.74. The summed E-state index contributed by atoms with van der Waals surface area (Å²) in [5.41, 5.74) is 11.7. The lowest BCUT2D eigenvalue weighted by Gasteiger charge is -2.29. The molecule has 0 bridgehead atoms. The minimum atomic E-state index is -4.28. The number of ether oxygens (including phenoxy) is 1. The molecule has 2 atom stereocenters. The van der Waals surface area contributed by atoms with Crippen molar-refractivity contribution in [2.24, 2.45) is 11.8 Å². The molecule has 0 amide bonds. The average Bonchev–Trinajstić information content (AvgIpc) is 2.95. The number of esters is 1. The Hall–Kier alpha value is -2.59. The zero-order chi connectivity index (χ0) is 18.2. The normalized spacial score (nSPS) is 21.4. The van der Waals surface area contributed by atoms with Gasteiger partial charge in [0.15, 0.2) is 11.5 Å². The number of aromatic amines is 1. The van der Waals surface area contributed by atoms with Crippen molar-refractivity contribution < 1.29 is 22.7 Å². The summed E-state index contributed by atoms with van der Waals surface area (Å²) in [6, 6.07) is 0. The van der Waals surface area contributed by atoms with Crippen LogP contribution < -0.4 is 11.5 Å². The molecule has 25 heavy (non-hydrogen) atoms. The highest BCUT2D eigenvalue weighted by atomic mass is 19.4. The van der Waals surface area contributed by atoms with E-state index in [1.807, 2.05) is 0 Å². The molecule has 136 valence electrons. The maximum absolute atomic E-state index is 12.8. The number of carbonyl (C=O) groups excluding carboxylic acids is 1. The minimum absolute atomic E-state index is 0.0413. The molecular weight excluding hydrogens is 341 g/mol. The van der Waals surface area contributed by atoms with Crippen LogP contribution in [0.2, 0.25) is 0 Å². The zero-order valence-corrected chi connectivity index (χ0v) is 13.1. The van der Waals surface area contributed by atoms with Crippen LogP contribution in [-0.4, -0.2) is 32.1 Å². The molecule has 8 nitrogen and oxygen atoms in total. The van der Waals surface area contributed by atoms with Gasteiger partial charge >= 0.3 is 12.1 Å². The third-order valence-electron chi connectivity index (χ3n) is 4.27. The highest BCUT2D eigenvalue weighted by molar-refractivity contribution is 5.82. The molecule has 0 aliphatic heterocycles. The summed E-state index contributed by atoms with van der Waals surface area (Å²) in [7, 11) is 0. The van der Waals surface area contributed by atoms with Crippen LogP contribution in [0.4, 0.5) is 24.9 Å². The lowest BCUT2D eigenvalue weighted by atomic mass is 9.81. The van der Waals surface area contributed by atoms with Gasteiger partial charge < -0.3 is 21.2 Å². The summed E-state index contributed by atoms with van der Waals surface area (Å²) in [6.07, 6.45) is -3.73. The first-order valence-corrected chi connectivity index (χ1v) is 7.75. The van der Waals surface area contributed by atoms with Gasteiger partial charge in [-0.3, -0.25) is 4.79 Å². The molecule has 0 aromatic carbocycles. The molecule has 2 aromatic rings. The standard InChI is InChI=1S/C14H17F3N6O2/c15-14(16,17)7-3-1-2-6(4-7)12(24)25-5-8-20-9-10(18)22-13(19)23-11(9)21-8/h6-7H,1-5H2,(H5,18,19,20,21,22,23). The quantitative estimate of drug-likeness (QED) is 0.714. The van der Waals surface area contributed by atoms with Crippen molar-refractivity contribution in [1.29, 1.82) is 0 Å². The van der Waals surface area contributed by atoms with Crippen molar-refractivity contribution in [1.82, 2.24) is 19.9 Å². The van der Waals surface area contributed by atoms with Gasteiger partial charge in [-0.15, -0.1) is 0 Å². The second-order valence-electron chi connectivity index (χ2n) is 6.06. The Labute approximate surface area is 140 Å². The van der Waals surface area contributed by atoms with Gasteiger partial charge in [0.2, 0.25) is 5.95 Å². The van der Waals surface area contributed by atoms with E-state index in [0.717, 1.165) is 0 Å². The van der Waals surface area contributed by atoms with Gasteiger partial charge in [0.05, 0.1) is 11.8 Å². The number of nitrogens with zero attached hydrogens (tertiary/aromatic N) is 3. The highest BCUT2D eigenvalue weighted by Crippen LogP contribution is 2.40. The van der Waals surface area contributed by atoms with Gasteiger partial charge in [-0.2, -0.15) is 23.1 Å². The van der Waals surface area contributed by atoms with Crippen molar-refractivity contribution in [2.45, 2.75) is 38.5 Å². The van der Waals surface area contributed by atoms with Crippen LogP contribution in [0.3, 0.4) is 0 Å². The molecule has 2 aromatic heterocycles. The van der Waals surface area contributed by atoms with E-state index in [9.17, 15) is 18.0 Å². The molecule has 0 spiro atoms. The van der Waals surface area contributed by atoms with Gasteiger partial charge in [0.1, 0.15) is 17.9 Å². The summed E-state index contributed by atoms with van der Waals surface area (Å²) < 4.78 is 43.6. The van der Waals surface area contributed by atoms with Crippen molar-refractivity contribution in [3.8, 4) is 0 Å². The van der Waals surface area contributed by atoms with E-state index in [4.69, 9.17) is 16.2 Å². The van der Waals surface area contributed by atoms with E-state index in [2.05, 4.69) is 19.9 Å². The number of fused-ring (bicyclic) bond motifs is 1. The van der Waals surface area contributed by atoms with E-state index in [1.165, 1.54) is 0 Å². The number of nitrogens with two attached hydrogens (primary N) is 2. The Morgan fingerprint density at radius 2 is 2.00 bits per heavy atom. The Balaban J connectivity index is 1.63. The Morgan fingerprint density at radius 3 is 2.72 bits per heavy atom. The van der Waals surface area contributed by atoms with E-state index >= 15 is 0 Å². The maximum Gasteiger partial charge on any atom is 0.391 e. The van der Waals surface area contributed by atoms with Crippen LogP contribution in [0, 0.1) is 11.8 Å². The number of alkyl halides is 3. The molecule has 2 unspecified atom stereocenters. The van der Waals surface area contributed by atoms with Crippen molar-refractivity contribution in [2.75, 3.05) is 11.5 Å². The van der Waals surface area contributed by atoms with Crippen LogP contribution in [0.5, 0.6) is 0 Å². The molecular formula is C14H17F3N6O2. The summed E-state index contributed by atoms with van der Waals surface area (Å²) in [4.78, 5) is 26.6. The number of nitrogen functional groups attached to an aromatic ring is 2. The number of aromatic nitrogens is 4. The molecule has 1 saturated carbocycles. The maximum atomic E-state index is 12.8. The largest absolute Gasteiger partial charge is 0.457 e. The van der Waals surface area contributed by atoms with Crippen LogP contribution in [0.25, 0.3) is 11.2 Å². The number of imidazole rings is 1. The monoisotopic (exact) mass is 358 g/mol. The molecule has 1 fully saturated rings. The van der Waals surface area contributed by atoms with Crippen molar-refractivity contribution in [3.63, 3.8) is 0 Å². The number of halogens is 3. The summed E-state index contributed by atoms with van der Waals surface area (Å²) >= 11 is 0. The number of hydrogen-bond donors (Lipinski definition) is 3. The predicted octanol–water partition coefficient (Wildman–Crippen LogP) is 1.93. The van der Waals surface area contributed by atoms with Gasteiger partial charge in [0.25, 0.3) is 0 Å². The first kappa shape index (κ1) is 17.2. The van der Waals surface area contributed by atoms with Gasteiger partial charge in [-0.25, -0.2) is 4.98 Å². The smallest absolute Gasteiger partial charge is 0.391 e. The SMILES string of the molecule is Nc1nc(N)c2[nH]c(COC(=O)C3CCCC(C(F)(F)F)C3)nc2n1. The second kappa shape index (κ2) is 6.37. The van der Waals surface area contributed by atoms with Crippen molar-refractivity contribution >= 4 is 28.9 Å². The summed E-state index contributed by atoms with van der Waals surface area (Å²) in [6.45, 7) is -0.221. The van der Waals surface area contributed by atoms with Crippen LogP contribution in [0.1, 0.15) is 31.5 Å². The molecule has 1 aliphatic carbocycles. The lowest BCUT2D eigenvalue weighted by Crippen LogP contribution is -2.32. The fourth-order valence-electron chi connectivity index (χ4n) is 3.01. The van der Waals surface area contributed by atoms with Crippen molar-refractivity contribution in [3.05, 3.63) is 5.82 Å². The van der Waals surface area contributed by atoms with E-state index < -0.39 is 24.0 Å². The van der Waals surface area contributed by atoms with Gasteiger partial charge in [0, 0.05) is 0 Å². The number of H-pyrrole nitrogens is 1. The van der Waals surface area contributed by atoms with Crippen LogP contribution >= 0.6 is 0 Å². The summed E-state index contributed by atoms with van der Waals surface area (Å²) in [5, 5.41) is 0. The number of hydrogen-bond acceptors (Lipinski definition) is 7. The fraction of sp³-hybridized carbons (Fsp3) is 0.571. The fourth-order valence-corrected chi connectivity index (χ4v) is 3.01. The zero-order valence-electron chi connectivity index (χ0n) is 13.1. The topological polar surface area (TPSA) is 133 Å². The molecule has 3 rings (SSSR count). The van der Waals surface area contributed by atoms with Crippen LogP contribution in [0.15, 0.2) is 0 Å². The summed E-state index contributed by atoms with van der Waals surface area (Å²) in [5.74, 6) is -2.55. The second-order valence-corrected chi connectivity index (χ2v) is 6.06. The van der Waals surface area contributed by atoms with E-state index in [1.54, 1.807) is 0 Å². The first-order chi connectivity index (χ1) is 11.7. The first-order valence-electron chi connectivity index (χ1n) is 7.75. The Bertz CT molecular complexity index is 791. The Kier molecular flexibility index (Phi) is 4.39. The predicted molar refractivity (Wildman–Crippen MR) is 81.8 cm³/mol. The Morgan fingerprint density at radius 1 is 1.24 bits per heavy atom. The number of nitrogens with one attached hydrogen (secondary N) is 1. The molecule has 0 radical (unpaired) electrons. The molecule has 5 N–H and O–H groups in total. The molecule has 0 saturated heterocycles. The number of anilines is 2. The minimum Gasteiger partial charge on any atom is -0.457 e. The molecule has 2 heterocycles. The highest BCUT2D eigenvalue weighted by Gasteiger charge is 2.43. The lowest BCUT2D eigenvalue weighted by molar-refractivity contribution is -0.189. The molecule has 11 heteroatoms. The molecule has 1 aliphatic rings. The third-order valence-corrected chi connectivity index (χ3v) is 4.27. The average molecular weight is 358 g/mol.